The van der Waals surface area contributed by atoms with Crippen molar-refractivity contribution in [2.24, 2.45) is 0 Å². The van der Waals surface area contributed by atoms with E-state index in [9.17, 15) is 4.39 Å². The molecule has 1 fully saturated rings. The number of nitrogens with zero attached hydrogens (tertiary/aromatic N) is 3. The van der Waals surface area contributed by atoms with Crippen LogP contribution in [-0.2, 0) is 13.1 Å². The molecule has 20 heavy (non-hydrogen) atoms. The lowest BCUT2D eigenvalue weighted by Gasteiger charge is -2.05. The Kier molecular flexibility index (Phi) is 3.92. The Balaban J connectivity index is 1.42. The fourth-order valence-electron chi connectivity index (χ4n) is 1.85. The van der Waals surface area contributed by atoms with Gasteiger partial charge < -0.3 is 10.1 Å². The number of ether oxygens (including phenoxy) is 1. The summed E-state index contributed by atoms with van der Waals surface area (Å²) in [5.74, 6) is 0.392. The van der Waals surface area contributed by atoms with E-state index in [4.69, 9.17) is 4.74 Å². The number of halogens is 1. The van der Waals surface area contributed by atoms with Crippen LogP contribution in [0.5, 0.6) is 5.75 Å². The molecule has 1 aromatic heterocycles. The summed E-state index contributed by atoms with van der Waals surface area (Å²) in [6.07, 6.45) is 4.45. The second-order valence-electron chi connectivity index (χ2n) is 4.93. The maximum Gasteiger partial charge on any atom is 0.123 e. The number of nitrogens with one attached hydrogen (secondary N) is 1. The second kappa shape index (κ2) is 6.00. The summed E-state index contributed by atoms with van der Waals surface area (Å²) in [7, 11) is 0. The maximum atomic E-state index is 12.7. The molecule has 1 heterocycles. The van der Waals surface area contributed by atoms with E-state index in [-0.39, 0.29) is 5.82 Å². The van der Waals surface area contributed by atoms with E-state index in [1.165, 1.54) is 25.0 Å². The zero-order chi connectivity index (χ0) is 13.8. The highest BCUT2D eigenvalue weighted by molar-refractivity contribution is 5.21. The Morgan fingerprint density at radius 1 is 1.30 bits per heavy atom. The van der Waals surface area contributed by atoms with Gasteiger partial charge in [0.25, 0.3) is 0 Å². The minimum absolute atomic E-state index is 0.263. The van der Waals surface area contributed by atoms with Crippen molar-refractivity contribution in [3.63, 3.8) is 0 Å². The van der Waals surface area contributed by atoms with Crippen molar-refractivity contribution in [2.75, 3.05) is 6.61 Å². The predicted octanol–water partition coefficient (Wildman–Crippen LogP) is 1.75. The summed E-state index contributed by atoms with van der Waals surface area (Å²) < 4.78 is 20.0. The van der Waals surface area contributed by atoms with Crippen LogP contribution in [0.1, 0.15) is 18.5 Å². The van der Waals surface area contributed by atoms with E-state index in [0.29, 0.717) is 24.9 Å². The number of hydrogen-bond acceptors (Lipinski definition) is 4. The normalized spacial score (nSPS) is 14.4. The van der Waals surface area contributed by atoms with Crippen LogP contribution < -0.4 is 10.1 Å². The first kappa shape index (κ1) is 13.1. The summed E-state index contributed by atoms with van der Waals surface area (Å²) in [5.41, 5.74) is 0.943. The first-order valence-corrected chi connectivity index (χ1v) is 6.80. The molecule has 0 amide bonds. The van der Waals surface area contributed by atoms with Crippen molar-refractivity contribution in [1.29, 1.82) is 0 Å². The Labute approximate surface area is 116 Å². The summed E-state index contributed by atoms with van der Waals surface area (Å²) in [5, 5.41) is 11.5. The van der Waals surface area contributed by atoms with Crippen molar-refractivity contribution in [3.05, 3.63) is 42.0 Å². The Bertz CT molecular complexity index is 551. The molecule has 0 saturated heterocycles. The topological polar surface area (TPSA) is 52.0 Å². The first-order valence-electron chi connectivity index (χ1n) is 6.80. The molecular weight excluding hydrogens is 259 g/mol. The molecule has 1 N–H and O–H groups in total. The minimum atomic E-state index is -0.263. The van der Waals surface area contributed by atoms with Crippen LogP contribution in [0.2, 0.25) is 0 Å². The molecule has 1 aromatic carbocycles. The number of aromatic nitrogens is 3. The minimum Gasteiger partial charge on any atom is -0.492 e. The average Bonchev–Trinajstić information content (AvgIpc) is 3.18. The van der Waals surface area contributed by atoms with Gasteiger partial charge in [-0.25, -0.2) is 9.07 Å². The maximum absolute atomic E-state index is 12.7. The van der Waals surface area contributed by atoms with E-state index < -0.39 is 0 Å². The van der Waals surface area contributed by atoms with Gasteiger partial charge in [-0.3, -0.25) is 0 Å². The molecule has 0 radical (unpaired) electrons. The molecule has 1 aliphatic carbocycles. The van der Waals surface area contributed by atoms with Gasteiger partial charge in [-0.15, -0.1) is 5.10 Å². The largest absolute Gasteiger partial charge is 0.492 e. The monoisotopic (exact) mass is 276 g/mol. The van der Waals surface area contributed by atoms with Crippen molar-refractivity contribution >= 4 is 0 Å². The van der Waals surface area contributed by atoms with E-state index in [2.05, 4.69) is 15.6 Å². The van der Waals surface area contributed by atoms with Crippen molar-refractivity contribution in [2.45, 2.75) is 32.0 Å². The van der Waals surface area contributed by atoms with Gasteiger partial charge in [-0.05, 0) is 37.1 Å². The van der Waals surface area contributed by atoms with Crippen molar-refractivity contribution < 1.29 is 9.13 Å². The molecule has 6 heteroatoms. The Morgan fingerprint density at radius 3 is 2.85 bits per heavy atom. The quantitative estimate of drug-likeness (QED) is 0.837. The third-order valence-corrected chi connectivity index (χ3v) is 3.14. The van der Waals surface area contributed by atoms with Crippen LogP contribution in [0, 0.1) is 5.82 Å². The zero-order valence-corrected chi connectivity index (χ0v) is 11.1. The van der Waals surface area contributed by atoms with Gasteiger partial charge in [-0.1, -0.05) is 5.21 Å². The number of rotatable bonds is 7. The Morgan fingerprint density at radius 2 is 2.10 bits per heavy atom. The summed E-state index contributed by atoms with van der Waals surface area (Å²) in [6.45, 7) is 1.86. The highest BCUT2D eigenvalue weighted by Gasteiger charge is 2.20. The molecule has 0 aliphatic heterocycles. The van der Waals surface area contributed by atoms with Gasteiger partial charge in [0.2, 0.25) is 0 Å². The molecule has 0 unspecified atom stereocenters. The van der Waals surface area contributed by atoms with Crippen LogP contribution >= 0.6 is 0 Å². The molecule has 0 spiro atoms. The smallest absolute Gasteiger partial charge is 0.123 e. The van der Waals surface area contributed by atoms with Crippen LogP contribution in [0.4, 0.5) is 4.39 Å². The van der Waals surface area contributed by atoms with E-state index in [0.717, 1.165) is 12.2 Å². The first-order chi connectivity index (χ1) is 9.79. The van der Waals surface area contributed by atoms with Crippen LogP contribution in [0.15, 0.2) is 30.5 Å². The molecule has 0 atom stereocenters. The SMILES string of the molecule is Fc1ccc(OCCn2cc(CNC3CC3)nn2)cc1. The van der Waals surface area contributed by atoms with Crippen LogP contribution in [0.3, 0.4) is 0 Å². The molecule has 3 rings (SSSR count). The van der Waals surface area contributed by atoms with Gasteiger partial charge in [0.1, 0.15) is 18.2 Å². The summed E-state index contributed by atoms with van der Waals surface area (Å²) in [4.78, 5) is 0. The van der Waals surface area contributed by atoms with E-state index >= 15 is 0 Å². The molecule has 5 nitrogen and oxygen atoms in total. The van der Waals surface area contributed by atoms with Gasteiger partial charge >= 0.3 is 0 Å². The molecule has 2 aromatic rings. The standard InChI is InChI=1S/C14H17FN4O/c15-11-1-5-14(6-2-11)20-8-7-19-10-13(17-18-19)9-16-12-3-4-12/h1-2,5-6,10,12,16H,3-4,7-9H2. The highest BCUT2D eigenvalue weighted by Crippen LogP contribution is 2.18. The highest BCUT2D eigenvalue weighted by atomic mass is 19.1. The van der Waals surface area contributed by atoms with Crippen molar-refractivity contribution in [3.8, 4) is 5.75 Å². The summed E-state index contributed by atoms with van der Waals surface area (Å²) >= 11 is 0. The zero-order valence-electron chi connectivity index (χ0n) is 11.1. The lowest BCUT2D eigenvalue weighted by molar-refractivity contribution is 0.289. The average molecular weight is 276 g/mol. The lowest BCUT2D eigenvalue weighted by atomic mass is 10.3. The lowest BCUT2D eigenvalue weighted by Crippen LogP contribution is -2.15. The third kappa shape index (κ3) is 3.77. The van der Waals surface area contributed by atoms with Crippen LogP contribution in [0.25, 0.3) is 0 Å². The fourth-order valence-corrected chi connectivity index (χ4v) is 1.85. The number of benzene rings is 1. The molecule has 1 aliphatic rings. The molecule has 1 saturated carbocycles. The second-order valence-corrected chi connectivity index (χ2v) is 4.93. The van der Waals surface area contributed by atoms with Gasteiger partial charge in [0, 0.05) is 18.8 Å². The van der Waals surface area contributed by atoms with E-state index in [1.54, 1.807) is 16.8 Å². The fraction of sp³-hybridized carbons (Fsp3) is 0.429. The molecule has 106 valence electrons. The summed E-state index contributed by atoms with van der Waals surface area (Å²) in [6, 6.07) is 6.66. The van der Waals surface area contributed by atoms with Gasteiger partial charge in [-0.2, -0.15) is 0 Å². The molecule has 0 bridgehead atoms. The van der Waals surface area contributed by atoms with Crippen LogP contribution in [-0.4, -0.2) is 27.6 Å². The van der Waals surface area contributed by atoms with Gasteiger partial charge in [0.15, 0.2) is 0 Å². The molecular formula is C14H17FN4O. The van der Waals surface area contributed by atoms with Gasteiger partial charge in [0.05, 0.1) is 12.2 Å². The third-order valence-electron chi connectivity index (χ3n) is 3.14. The Hall–Kier alpha value is -1.95. The van der Waals surface area contributed by atoms with Crippen molar-refractivity contribution in [1.82, 2.24) is 20.3 Å². The predicted molar refractivity (Wildman–Crippen MR) is 71.8 cm³/mol. The van der Waals surface area contributed by atoms with E-state index in [1.807, 2.05) is 6.20 Å². The number of hydrogen-bond donors (Lipinski definition) is 1.